The first-order valence-corrected chi connectivity index (χ1v) is 6.23. The third-order valence-corrected chi connectivity index (χ3v) is 3.08. The topological polar surface area (TPSA) is 90.7 Å². The highest BCUT2D eigenvalue weighted by atomic mass is 16.5. The van der Waals surface area contributed by atoms with E-state index in [9.17, 15) is 9.59 Å². The van der Waals surface area contributed by atoms with Crippen LogP contribution >= 0.6 is 0 Å². The van der Waals surface area contributed by atoms with Crippen LogP contribution in [0.15, 0.2) is 0 Å². The second kappa shape index (κ2) is 6.70. The van der Waals surface area contributed by atoms with E-state index in [1.807, 2.05) is 13.8 Å². The predicted molar refractivity (Wildman–Crippen MR) is 65.7 cm³/mol. The lowest BCUT2D eigenvalue weighted by molar-refractivity contribution is -0.148. The molecule has 0 radical (unpaired) electrons. The average molecular weight is 258 g/mol. The van der Waals surface area contributed by atoms with Crippen LogP contribution in [0.25, 0.3) is 0 Å². The normalized spacial score (nSPS) is 24.9. The Morgan fingerprint density at radius 3 is 2.56 bits per heavy atom. The molecule has 104 valence electrons. The summed E-state index contributed by atoms with van der Waals surface area (Å²) < 4.78 is 10.1. The minimum absolute atomic E-state index is 0.0342. The van der Waals surface area contributed by atoms with Crippen LogP contribution in [0, 0.1) is 5.92 Å². The van der Waals surface area contributed by atoms with Crippen LogP contribution in [0.1, 0.15) is 26.7 Å². The van der Waals surface area contributed by atoms with E-state index in [1.165, 1.54) is 7.11 Å². The lowest BCUT2D eigenvalue weighted by Gasteiger charge is -2.21. The molecule has 2 unspecified atom stereocenters. The van der Waals surface area contributed by atoms with Crippen molar-refractivity contribution in [2.75, 3.05) is 13.7 Å². The van der Waals surface area contributed by atoms with Crippen molar-refractivity contribution in [1.82, 2.24) is 5.32 Å². The standard InChI is InChI=1S/C12H22N2O4/c1-7(2)10(12(16)17-3)14-11(15)9-5-4-8(6-13)18-9/h7-10H,4-6,13H2,1-3H3,(H,14,15)/t8?,9?,10-/m0/s1. The molecule has 0 bridgehead atoms. The largest absolute Gasteiger partial charge is 0.467 e. The maximum Gasteiger partial charge on any atom is 0.328 e. The maximum absolute atomic E-state index is 12.0. The van der Waals surface area contributed by atoms with E-state index in [4.69, 9.17) is 10.5 Å². The molecule has 6 heteroatoms. The molecule has 1 heterocycles. The van der Waals surface area contributed by atoms with Gasteiger partial charge in [-0.2, -0.15) is 0 Å². The Kier molecular flexibility index (Phi) is 5.55. The van der Waals surface area contributed by atoms with E-state index in [2.05, 4.69) is 10.1 Å². The number of methoxy groups -OCH3 is 1. The summed E-state index contributed by atoms with van der Waals surface area (Å²) in [6.45, 7) is 4.11. The summed E-state index contributed by atoms with van der Waals surface area (Å²) in [7, 11) is 1.31. The predicted octanol–water partition coefficient (Wildman–Crippen LogP) is -0.193. The van der Waals surface area contributed by atoms with Gasteiger partial charge in [0.05, 0.1) is 13.2 Å². The Bertz CT molecular complexity index is 306. The second-order valence-electron chi connectivity index (χ2n) is 4.81. The van der Waals surface area contributed by atoms with Crippen molar-refractivity contribution in [3.63, 3.8) is 0 Å². The smallest absolute Gasteiger partial charge is 0.328 e. The highest BCUT2D eigenvalue weighted by Gasteiger charge is 2.33. The van der Waals surface area contributed by atoms with Crippen LogP contribution in [-0.2, 0) is 19.1 Å². The van der Waals surface area contributed by atoms with Crippen molar-refractivity contribution >= 4 is 11.9 Å². The number of carbonyl (C=O) groups excluding carboxylic acids is 2. The quantitative estimate of drug-likeness (QED) is 0.667. The molecule has 0 aliphatic carbocycles. The molecule has 1 aliphatic rings. The van der Waals surface area contributed by atoms with Crippen LogP contribution in [0.2, 0.25) is 0 Å². The van der Waals surface area contributed by atoms with E-state index in [0.717, 1.165) is 6.42 Å². The number of amides is 1. The molecule has 0 aromatic rings. The van der Waals surface area contributed by atoms with Crippen LogP contribution in [0.5, 0.6) is 0 Å². The first-order valence-electron chi connectivity index (χ1n) is 6.23. The molecular formula is C12H22N2O4. The van der Waals surface area contributed by atoms with Gasteiger partial charge in [0, 0.05) is 6.54 Å². The Hall–Kier alpha value is -1.14. The van der Waals surface area contributed by atoms with Gasteiger partial charge in [0.2, 0.25) is 5.91 Å². The summed E-state index contributed by atoms with van der Waals surface area (Å²) in [6.07, 6.45) is 0.847. The molecule has 1 fully saturated rings. The SMILES string of the molecule is COC(=O)[C@@H](NC(=O)C1CCC(CN)O1)C(C)C. The molecule has 1 rings (SSSR count). The van der Waals surface area contributed by atoms with E-state index >= 15 is 0 Å². The van der Waals surface area contributed by atoms with Crippen molar-refractivity contribution in [1.29, 1.82) is 0 Å². The van der Waals surface area contributed by atoms with E-state index in [0.29, 0.717) is 13.0 Å². The number of esters is 1. The summed E-state index contributed by atoms with van der Waals surface area (Å²) >= 11 is 0. The Morgan fingerprint density at radius 2 is 2.11 bits per heavy atom. The molecule has 0 aromatic carbocycles. The monoisotopic (exact) mass is 258 g/mol. The van der Waals surface area contributed by atoms with Gasteiger partial charge in [0.15, 0.2) is 0 Å². The summed E-state index contributed by atoms with van der Waals surface area (Å²) in [5.74, 6) is -0.741. The van der Waals surface area contributed by atoms with Gasteiger partial charge in [-0.15, -0.1) is 0 Å². The Morgan fingerprint density at radius 1 is 1.44 bits per heavy atom. The molecule has 18 heavy (non-hydrogen) atoms. The van der Waals surface area contributed by atoms with Gasteiger partial charge in [-0.1, -0.05) is 13.8 Å². The van der Waals surface area contributed by atoms with E-state index in [1.54, 1.807) is 0 Å². The lowest BCUT2D eigenvalue weighted by atomic mass is 10.0. The second-order valence-corrected chi connectivity index (χ2v) is 4.81. The van der Waals surface area contributed by atoms with Crippen molar-refractivity contribution < 1.29 is 19.1 Å². The summed E-state index contributed by atoms with van der Waals surface area (Å²) in [5, 5.41) is 2.67. The number of hydrogen-bond donors (Lipinski definition) is 2. The highest BCUT2D eigenvalue weighted by molar-refractivity contribution is 5.87. The molecule has 0 saturated carbocycles. The molecule has 0 spiro atoms. The van der Waals surface area contributed by atoms with Crippen LogP contribution in [0.4, 0.5) is 0 Å². The minimum Gasteiger partial charge on any atom is -0.467 e. The summed E-state index contributed by atoms with van der Waals surface area (Å²) in [5.41, 5.74) is 5.48. The van der Waals surface area contributed by atoms with Crippen LogP contribution < -0.4 is 11.1 Å². The zero-order valence-electron chi connectivity index (χ0n) is 11.1. The molecule has 1 saturated heterocycles. The minimum atomic E-state index is -0.636. The zero-order valence-corrected chi connectivity index (χ0v) is 11.1. The Labute approximate surface area is 107 Å². The van der Waals surface area contributed by atoms with Crippen LogP contribution in [0.3, 0.4) is 0 Å². The van der Waals surface area contributed by atoms with E-state index in [-0.39, 0.29) is 17.9 Å². The molecule has 6 nitrogen and oxygen atoms in total. The number of nitrogens with one attached hydrogen (secondary N) is 1. The van der Waals surface area contributed by atoms with Gasteiger partial charge < -0.3 is 20.5 Å². The van der Waals surface area contributed by atoms with Crippen molar-refractivity contribution in [2.24, 2.45) is 11.7 Å². The molecule has 1 amide bonds. The molecule has 1 aliphatic heterocycles. The number of ether oxygens (including phenoxy) is 2. The number of carbonyl (C=O) groups is 2. The average Bonchev–Trinajstić information content (AvgIpc) is 2.83. The van der Waals surface area contributed by atoms with Crippen LogP contribution in [-0.4, -0.2) is 43.8 Å². The third kappa shape index (κ3) is 3.68. The first kappa shape index (κ1) is 14.9. The fourth-order valence-corrected chi connectivity index (χ4v) is 1.94. The Balaban J connectivity index is 2.54. The lowest BCUT2D eigenvalue weighted by Crippen LogP contribution is -2.48. The molecule has 0 aromatic heterocycles. The fourth-order valence-electron chi connectivity index (χ4n) is 1.94. The maximum atomic E-state index is 12.0. The van der Waals surface area contributed by atoms with Crippen molar-refractivity contribution in [3.05, 3.63) is 0 Å². The van der Waals surface area contributed by atoms with Gasteiger partial charge in [-0.25, -0.2) is 4.79 Å². The van der Waals surface area contributed by atoms with Gasteiger partial charge in [0.25, 0.3) is 0 Å². The zero-order chi connectivity index (χ0) is 13.7. The fraction of sp³-hybridized carbons (Fsp3) is 0.833. The van der Waals surface area contributed by atoms with Gasteiger partial charge in [0.1, 0.15) is 12.1 Å². The van der Waals surface area contributed by atoms with E-state index < -0.39 is 18.1 Å². The molecule has 3 atom stereocenters. The van der Waals surface area contributed by atoms with Crippen molar-refractivity contribution in [3.8, 4) is 0 Å². The summed E-state index contributed by atoms with van der Waals surface area (Å²) in [6, 6.07) is -0.636. The third-order valence-electron chi connectivity index (χ3n) is 3.08. The number of rotatable bonds is 5. The van der Waals surface area contributed by atoms with Crippen molar-refractivity contribution in [2.45, 2.75) is 44.9 Å². The first-order chi connectivity index (χ1) is 8.49. The number of hydrogen-bond acceptors (Lipinski definition) is 5. The highest BCUT2D eigenvalue weighted by Crippen LogP contribution is 2.19. The summed E-state index contributed by atoms with van der Waals surface area (Å²) in [4.78, 5) is 23.5. The van der Waals surface area contributed by atoms with Gasteiger partial charge in [-0.05, 0) is 18.8 Å². The molecule has 3 N–H and O–H groups in total. The number of nitrogens with two attached hydrogens (primary N) is 1. The van der Waals surface area contributed by atoms with Gasteiger partial charge >= 0.3 is 5.97 Å². The molecular weight excluding hydrogens is 236 g/mol. The van der Waals surface area contributed by atoms with Gasteiger partial charge in [-0.3, -0.25) is 4.79 Å².